The molecule has 0 amide bonds. The van der Waals surface area contributed by atoms with Crippen molar-refractivity contribution in [2.45, 2.75) is 25.8 Å². The van der Waals surface area contributed by atoms with E-state index in [4.69, 9.17) is 0 Å². The van der Waals surface area contributed by atoms with E-state index in [-0.39, 0.29) is 0 Å². The number of hydrogen-bond acceptors (Lipinski definition) is 5. The third-order valence-electron chi connectivity index (χ3n) is 6.25. The van der Waals surface area contributed by atoms with E-state index in [9.17, 15) is 9.59 Å². The van der Waals surface area contributed by atoms with Crippen LogP contribution in [0.5, 0.6) is 0 Å². The minimum Gasteiger partial charge on any atom is -0.355 e. The zero-order valence-electron chi connectivity index (χ0n) is 17.9. The fourth-order valence-electron chi connectivity index (χ4n) is 4.65. The molecule has 4 aromatic rings. The molecule has 0 spiro atoms. The van der Waals surface area contributed by atoms with E-state index in [1.807, 2.05) is 0 Å². The van der Waals surface area contributed by atoms with Gasteiger partial charge in [-0.05, 0) is 49.2 Å². The standard InChI is InChI=1S/C26H24N4O2/c1-2-29-17-22(20-8-3-4-10-23(20)29)19-11-14-30(16-19)26-21(9-6-13-28-26)25(32)24(31)18-7-5-12-27-15-18/h3-10,12-13,15,17,19H,2,11,14,16H2,1H3. The first-order valence-corrected chi connectivity index (χ1v) is 10.9. The first-order chi connectivity index (χ1) is 15.7. The van der Waals surface area contributed by atoms with Crippen molar-refractivity contribution >= 4 is 28.3 Å². The van der Waals surface area contributed by atoms with Crippen LogP contribution in [-0.2, 0) is 6.54 Å². The quantitative estimate of drug-likeness (QED) is 0.336. The molecular formula is C26H24N4O2. The van der Waals surface area contributed by atoms with Crippen LogP contribution in [0.1, 0.15) is 45.5 Å². The summed E-state index contributed by atoms with van der Waals surface area (Å²) in [5.41, 5.74) is 3.22. The maximum absolute atomic E-state index is 13.0. The molecule has 0 bridgehead atoms. The fraction of sp³-hybridized carbons (Fsp3) is 0.231. The summed E-state index contributed by atoms with van der Waals surface area (Å²) in [6.07, 6.45) is 7.91. The summed E-state index contributed by atoms with van der Waals surface area (Å²) in [6.45, 7) is 4.62. The van der Waals surface area contributed by atoms with Crippen LogP contribution in [0.15, 0.2) is 73.3 Å². The second-order valence-electron chi connectivity index (χ2n) is 8.09. The van der Waals surface area contributed by atoms with Gasteiger partial charge in [0, 0.05) is 66.8 Å². The highest BCUT2D eigenvalue weighted by atomic mass is 16.2. The molecule has 160 valence electrons. The number of carbonyl (C=O) groups excluding carboxylic acids is 2. The molecule has 1 saturated heterocycles. The smallest absolute Gasteiger partial charge is 0.237 e. The van der Waals surface area contributed by atoms with Crippen molar-refractivity contribution in [1.29, 1.82) is 0 Å². The molecule has 3 aromatic heterocycles. The zero-order valence-corrected chi connectivity index (χ0v) is 17.9. The van der Waals surface area contributed by atoms with Gasteiger partial charge < -0.3 is 9.47 Å². The van der Waals surface area contributed by atoms with Gasteiger partial charge in [0.25, 0.3) is 0 Å². The Hall–Kier alpha value is -3.80. The van der Waals surface area contributed by atoms with Gasteiger partial charge in [-0.3, -0.25) is 14.6 Å². The van der Waals surface area contributed by atoms with Crippen molar-refractivity contribution in [3.8, 4) is 0 Å². The number of aryl methyl sites for hydroxylation is 1. The monoisotopic (exact) mass is 424 g/mol. The van der Waals surface area contributed by atoms with Crippen LogP contribution in [-0.4, -0.2) is 39.2 Å². The molecule has 0 saturated carbocycles. The maximum Gasteiger partial charge on any atom is 0.237 e. The minimum atomic E-state index is -0.561. The van der Waals surface area contributed by atoms with Crippen molar-refractivity contribution < 1.29 is 9.59 Å². The normalized spacial score (nSPS) is 15.9. The Morgan fingerprint density at radius 3 is 2.69 bits per heavy atom. The van der Waals surface area contributed by atoms with E-state index >= 15 is 0 Å². The van der Waals surface area contributed by atoms with Gasteiger partial charge in [-0.1, -0.05) is 18.2 Å². The predicted octanol–water partition coefficient (Wildman–Crippen LogP) is 4.51. The average Bonchev–Trinajstić information content (AvgIpc) is 3.48. The molecule has 0 N–H and O–H groups in total. The van der Waals surface area contributed by atoms with Crippen molar-refractivity contribution in [2.75, 3.05) is 18.0 Å². The van der Waals surface area contributed by atoms with Crippen molar-refractivity contribution in [1.82, 2.24) is 14.5 Å². The lowest BCUT2D eigenvalue weighted by atomic mass is 9.98. The van der Waals surface area contributed by atoms with Crippen LogP contribution in [0.4, 0.5) is 5.82 Å². The van der Waals surface area contributed by atoms with Crippen molar-refractivity contribution in [3.63, 3.8) is 0 Å². The molecule has 6 nitrogen and oxygen atoms in total. The molecule has 1 unspecified atom stereocenters. The van der Waals surface area contributed by atoms with Gasteiger partial charge in [-0.2, -0.15) is 0 Å². The first kappa shape index (κ1) is 20.1. The van der Waals surface area contributed by atoms with E-state index in [1.54, 1.807) is 36.7 Å². The van der Waals surface area contributed by atoms with Gasteiger partial charge in [0.1, 0.15) is 5.82 Å². The van der Waals surface area contributed by atoms with Gasteiger partial charge in [0.15, 0.2) is 0 Å². The van der Waals surface area contributed by atoms with Crippen LogP contribution in [0, 0.1) is 0 Å². The van der Waals surface area contributed by atoms with Crippen LogP contribution in [0.2, 0.25) is 0 Å². The first-order valence-electron chi connectivity index (χ1n) is 10.9. The second-order valence-corrected chi connectivity index (χ2v) is 8.09. The topological polar surface area (TPSA) is 68.1 Å². The number of rotatable bonds is 6. The summed E-state index contributed by atoms with van der Waals surface area (Å²) >= 11 is 0. The Labute approximate surface area is 186 Å². The van der Waals surface area contributed by atoms with Gasteiger partial charge in [-0.25, -0.2) is 4.98 Å². The number of Topliss-reactive ketones (excluding diaryl/α,β-unsaturated/α-hetero) is 2. The van der Waals surface area contributed by atoms with Gasteiger partial charge in [-0.15, -0.1) is 0 Å². The second kappa shape index (κ2) is 8.38. The number of carbonyl (C=O) groups is 2. The third-order valence-corrected chi connectivity index (χ3v) is 6.25. The molecule has 4 heterocycles. The highest BCUT2D eigenvalue weighted by Gasteiger charge is 2.31. The average molecular weight is 425 g/mol. The molecule has 0 aliphatic carbocycles. The predicted molar refractivity (Wildman–Crippen MR) is 124 cm³/mol. The van der Waals surface area contributed by atoms with E-state index in [0.29, 0.717) is 22.9 Å². The third kappa shape index (κ3) is 3.47. The summed E-state index contributed by atoms with van der Waals surface area (Å²) in [7, 11) is 0. The Bertz CT molecular complexity index is 1300. The van der Waals surface area contributed by atoms with E-state index in [1.165, 1.54) is 22.7 Å². The molecule has 0 radical (unpaired) electrons. The van der Waals surface area contributed by atoms with Gasteiger partial charge in [0.2, 0.25) is 11.6 Å². The summed E-state index contributed by atoms with van der Waals surface area (Å²) in [6, 6.07) is 15.2. The number of nitrogens with zero attached hydrogens (tertiary/aromatic N) is 4. The molecule has 1 fully saturated rings. The number of para-hydroxylation sites is 1. The lowest BCUT2D eigenvalue weighted by molar-refractivity contribution is 0.0817. The van der Waals surface area contributed by atoms with Crippen molar-refractivity contribution in [2.24, 2.45) is 0 Å². The molecule has 1 aliphatic rings. The summed E-state index contributed by atoms with van der Waals surface area (Å²) in [5, 5.41) is 1.28. The molecule has 1 aliphatic heterocycles. The highest BCUT2D eigenvalue weighted by Crippen LogP contribution is 2.36. The molecule has 1 atom stereocenters. The van der Waals surface area contributed by atoms with E-state index < -0.39 is 11.6 Å². The van der Waals surface area contributed by atoms with E-state index in [2.05, 4.69) is 56.8 Å². The number of ketones is 2. The number of hydrogen-bond donors (Lipinski definition) is 0. The largest absolute Gasteiger partial charge is 0.355 e. The highest BCUT2D eigenvalue weighted by molar-refractivity contribution is 6.50. The molecule has 5 rings (SSSR count). The molecule has 1 aromatic carbocycles. The maximum atomic E-state index is 13.0. The van der Waals surface area contributed by atoms with E-state index in [0.717, 1.165) is 26.1 Å². The number of benzene rings is 1. The number of aromatic nitrogens is 3. The van der Waals surface area contributed by atoms with Crippen LogP contribution < -0.4 is 4.90 Å². The Morgan fingerprint density at radius 2 is 1.88 bits per heavy atom. The number of pyridine rings is 2. The Balaban J connectivity index is 1.43. The zero-order chi connectivity index (χ0) is 22.1. The minimum absolute atomic E-state index is 0.291. The summed E-state index contributed by atoms with van der Waals surface area (Å²) in [5.74, 6) is -0.190. The van der Waals surface area contributed by atoms with Crippen LogP contribution in [0.3, 0.4) is 0 Å². The Morgan fingerprint density at radius 1 is 1.03 bits per heavy atom. The van der Waals surface area contributed by atoms with Crippen LogP contribution >= 0.6 is 0 Å². The van der Waals surface area contributed by atoms with Crippen LogP contribution in [0.25, 0.3) is 10.9 Å². The SMILES string of the molecule is CCn1cc(C2CCN(c3ncccc3C(=O)C(=O)c3cccnc3)C2)c2ccccc21. The van der Waals surface area contributed by atoms with Gasteiger partial charge in [0.05, 0.1) is 5.56 Å². The lowest BCUT2D eigenvalue weighted by Gasteiger charge is -2.20. The molecule has 32 heavy (non-hydrogen) atoms. The molecule has 6 heteroatoms. The van der Waals surface area contributed by atoms with Crippen molar-refractivity contribution in [3.05, 3.63) is 90.0 Å². The fourth-order valence-corrected chi connectivity index (χ4v) is 4.65. The number of fused-ring (bicyclic) bond motifs is 1. The Kier molecular flexibility index (Phi) is 5.27. The number of anilines is 1. The summed E-state index contributed by atoms with van der Waals surface area (Å²) < 4.78 is 2.29. The van der Waals surface area contributed by atoms with Gasteiger partial charge >= 0.3 is 0 Å². The molecular weight excluding hydrogens is 400 g/mol. The summed E-state index contributed by atoms with van der Waals surface area (Å²) in [4.78, 5) is 36.4. The lowest BCUT2D eigenvalue weighted by Crippen LogP contribution is -2.25.